The van der Waals surface area contributed by atoms with Gasteiger partial charge >= 0.3 is 0 Å². The van der Waals surface area contributed by atoms with E-state index in [1.54, 1.807) is 24.3 Å². The summed E-state index contributed by atoms with van der Waals surface area (Å²) in [4.78, 5) is 12.5. The van der Waals surface area contributed by atoms with Gasteiger partial charge in [-0.05, 0) is 42.0 Å². The zero-order valence-corrected chi connectivity index (χ0v) is 17.2. The Labute approximate surface area is 176 Å². The molecule has 29 heavy (non-hydrogen) atoms. The number of ether oxygens (including phenoxy) is 2. The number of alkyl halides is 1. The number of nitrogens with one attached hydrogen (secondary N) is 2. The predicted octanol–water partition coefficient (Wildman–Crippen LogP) is 3.22. The van der Waals surface area contributed by atoms with Crippen molar-refractivity contribution in [3.05, 3.63) is 59.7 Å². The molecule has 1 saturated heterocycles. The molecule has 0 radical (unpaired) electrons. The summed E-state index contributed by atoms with van der Waals surface area (Å²) in [7, 11) is 0. The van der Waals surface area contributed by atoms with E-state index in [2.05, 4.69) is 10.6 Å². The Bertz CT molecular complexity index is 785. The Kier molecular flexibility index (Phi) is 7.50. The zero-order valence-electron chi connectivity index (χ0n) is 16.5. The lowest BCUT2D eigenvalue weighted by Crippen LogP contribution is -2.33. The van der Waals surface area contributed by atoms with Gasteiger partial charge in [-0.1, -0.05) is 19.1 Å². The maximum Gasteiger partial charge on any atom is 0.255 e. The first kappa shape index (κ1) is 21.6. The van der Waals surface area contributed by atoms with Gasteiger partial charge in [0, 0.05) is 35.6 Å². The molecule has 0 saturated carbocycles. The van der Waals surface area contributed by atoms with Crippen LogP contribution >= 0.6 is 11.6 Å². The second-order valence-corrected chi connectivity index (χ2v) is 7.82. The topological polar surface area (TPSA) is 79.8 Å². The molecule has 1 aliphatic heterocycles. The number of carbonyl (C=O) groups is 1. The number of rotatable bonds is 8. The highest BCUT2D eigenvalue weighted by Gasteiger charge is 2.23. The lowest BCUT2D eigenvalue weighted by atomic mass is 9.96. The van der Waals surface area contributed by atoms with Gasteiger partial charge in [0.1, 0.15) is 5.75 Å². The van der Waals surface area contributed by atoms with Gasteiger partial charge in [0.05, 0.1) is 25.9 Å². The van der Waals surface area contributed by atoms with Gasteiger partial charge in [0.15, 0.2) is 0 Å². The van der Waals surface area contributed by atoms with Gasteiger partial charge in [-0.2, -0.15) is 0 Å². The van der Waals surface area contributed by atoms with Crippen molar-refractivity contribution in [3.8, 4) is 5.75 Å². The summed E-state index contributed by atoms with van der Waals surface area (Å²) in [6.07, 6.45) is 0.0486. The number of amides is 1. The fourth-order valence-electron chi connectivity index (χ4n) is 2.85. The van der Waals surface area contributed by atoms with E-state index in [0.717, 1.165) is 24.3 Å². The van der Waals surface area contributed by atoms with Gasteiger partial charge < -0.3 is 25.2 Å². The van der Waals surface area contributed by atoms with E-state index >= 15 is 0 Å². The molecule has 2 atom stereocenters. The van der Waals surface area contributed by atoms with Crippen LogP contribution in [0.15, 0.2) is 48.5 Å². The van der Waals surface area contributed by atoms with Gasteiger partial charge in [-0.15, -0.1) is 11.6 Å². The van der Waals surface area contributed by atoms with Crippen LogP contribution in [0.3, 0.4) is 0 Å². The summed E-state index contributed by atoms with van der Waals surface area (Å²) in [5.74, 6) is 0.726. The van der Waals surface area contributed by atoms with Gasteiger partial charge in [-0.25, -0.2) is 0 Å². The van der Waals surface area contributed by atoms with Crippen molar-refractivity contribution < 1.29 is 19.4 Å². The van der Waals surface area contributed by atoms with Crippen LogP contribution in [-0.2, 0) is 4.74 Å². The second-order valence-electron chi connectivity index (χ2n) is 7.56. The van der Waals surface area contributed by atoms with Gasteiger partial charge in [0.2, 0.25) is 0 Å². The van der Waals surface area contributed by atoms with Crippen LogP contribution in [-0.4, -0.2) is 49.8 Å². The molecule has 0 aromatic heterocycles. The quantitative estimate of drug-likeness (QED) is 0.573. The minimum Gasteiger partial charge on any atom is -0.493 e. The van der Waals surface area contributed by atoms with Crippen molar-refractivity contribution in [3.63, 3.8) is 0 Å². The molecule has 0 bridgehead atoms. The van der Waals surface area contributed by atoms with Crippen molar-refractivity contribution >= 4 is 23.2 Å². The molecule has 6 nitrogen and oxygen atoms in total. The lowest BCUT2D eigenvalue weighted by Gasteiger charge is -2.24. The number of carbonyl (C=O) groups excluding carboxylic acids is 1. The fraction of sp³-hybridized carbons (Fsp3) is 0.409. The third kappa shape index (κ3) is 5.93. The Morgan fingerprint density at radius 2 is 2.00 bits per heavy atom. The minimum absolute atomic E-state index is 0.0486. The normalized spacial score (nSPS) is 18.7. The first-order chi connectivity index (χ1) is 14.0. The Morgan fingerprint density at radius 3 is 2.59 bits per heavy atom. The van der Waals surface area contributed by atoms with Crippen LogP contribution in [0, 0.1) is 5.41 Å². The molecule has 3 rings (SSSR count). The number of halogens is 1. The van der Waals surface area contributed by atoms with Crippen LogP contribution in [0.2, 0.25) is 0 Å². The van der Waals surface area contributed by atoms with E-state index in [4.69, 9.17) is 21.1 Å². The molecule has 1 aliphatic rings. The van der Waals surface area contributed by atoms with E-state index in [-0.39, 0.29) is 18.6 Å². The van der Waals surface area contributed by atoms with Gasteiger partial charge in [0.25, 0.3) is 5.91 Å². The van der Waals surface area contributed by atoms with Crippen LogP contribution in [0.5, 0.6) is 5.75 Å². The van der Waals surface area contributed by atoms with E-state index in [1.807, 2.05) is 31.2 Å². The molecule has 1 heterocycles. The Morgan fingerprint density at radius 1 is 1.28 bits per heavy atom. The summed E-state index contributed by atoms with van der Waals surface area (Å²) < 4.78 is 11.4. The average molecular weight is 419 g/mol. The standard InChI is InChI=1S/C22H27ClN2O4/c1-22(13-23,14-26)15-29-19-8-4-17(5-9-19)21(27)25-18-6-2-16(3-7-18)20-12-24-10-11-28-20/h2-9,20,24,26H,10-15H2,1H3,(H,25,27). The van der Waals surface area contributed by atoms with Gasteiger partial charge in [-0.3, -0.25) is 4.79 Å². The van der Waals surface area contributed by atoms with E-state index in [1.165, 1.54) is 0 Å². The number of hydrogen-bond donors (Lipinski definition) is 3. The largest absolute Gasteiger partial charge is 0.493 e. The average Bonchev–Trinajstić information content (AvgIpc) is 2.79. The lowest BCUT2D eigenvalue weighted by molar-refractivity contribution is 0.0277. The second kappa shape index (κ2) is 10.1. The summed E-state index contributed by atoms with van der Waals surface area (Å²) >= 11 is 5.87. The molecule has 2 aromatic rings. The van der Waals surface area contributed by atoms with Crippen molar-refractivity contribution in [2.45, 2.75) is 13.0 Å². The molecule has 0 spiro atoms. The number of benzene rings is 2. The zero-order chi connectivity index (χ0) is 20.7. The SMILES string of the molecule is CC(CO)(CCl)COc1ccc(C(=O)Nc2ccc(C3CNCCO3)cc2)cc1. The van der Waals surface area contributed by atoms with Crippen molar-refractivity contribution in [2.75, 3.05) is 44.1 Å². The maximum absolute atomic E-state index is 12.5. The summed E-state index contributed by atoms with van der Waals surface area (Å²) in [6.45, 7) is 4.46. The third-order valence-electron chi connectivity index (χ3n) is 4.88. The monoisotopic (exact) mass is 418 g/mol. The Balaban J connectivity index is 1.55. The van der Waals surface area contributed by atoms with Crippen LogP contribution in [0.4, 0.5) is 5.69 Å². The van der Waals surface area contributed by atoms with E-state index in [9.17, 15) is 9.90 Å². The molecule has 3 N–H and O–H groups in total. The molecule has 2 aromatic carbocycles. The molecule has 7 heteroatoms. The van der Waals surface area contributed by atoms with Crippen LogP contribution in [0.25, 0.3) is 0 Å². The summed E-state index contributed by atoms with van der Waals surface area (Å²) in [6, 6.07) is 14.6. The van der Waals surface area contributed by atoms with Crippen LogP contribution in [0.1, 0.15) is 28.9 Å². The van der Waals surface area contributed by atoms with Crippen LogP contribution < -0.4 is 15.4 Å². The van der Waals surface area contributed by atoms with E-state index in [0.29, 0.717) is 30.4 Å². The molecule has 1 fully saturated rings. The highest BCUT2D eigenvalue weighted by Crippen LogP contribution is 2.23. The molecule has 156 valence electrons. The minimum atomic E-state index is -0.498. The van der Waals surface area contributed by atoms with Crippen molar-refractivity contribution in [1.29, 1.82) is 0 Å². The molecule has 0 aliphatic carbocycles. The molecule has 1 amide bonds. The molecule has 2 unspecified atom stereocenters. The third-order valence-corrected chi connectivity index (χ3v) is 5.52. The summed E-state index contributed by atoms with van der Waals surface area (Å²) in [5, 5.41) is 15.6. The number of aliphatic hydroxyl groups is 1. The first-order valence-corrected chi connectivity index (χ1v) is 10.2. The number of aliphatic hydroxyl groups excluding tert-OH is 1. The highest BCUT2D eigenvalue weighted by atomic mass is 35.5. The summed E-state index contributed by atoms with van der Waals surface area (Å²) in [5.41, 5.74) is 1.85. The fourth-order valence-corrected chi connectivity index (χ4v) is 3.01. The number of hydrogen-bond acceptors (Lipinski definition) is 5. The number of morpholine rings is 1. The first-order valence-electron chi connectivity index (χ1n) is 9.66. The Hall–Kier alpha value is -2.12. The van der Waals surface area contributed by atoms with Crippen molar-refractivity contribution in [1.82, 2.24) is 5.32 Å². The van der Waals surface area contributed by atoms with Crippen molar-refractivity contribution in [2.24, 2.45) is 5.41 Å². The smallest absolute Gasteiger partial charge is 0.255 e. The molecular weight excluding hydrogens is 392 g/mol. The van der Waals surface area contributed by atoms with E-state index < -0.39 is 5.41 Å². The predicted molar refractivity (Wildman–Crippen MR) is 114 cm³/mol. The number of anilines is 1. The molecular formula is C22H27ClN2O4. The maximum atomic E-state index is 12.5. The highest BCUT2D eigenvalue weighted by molar-refractivity contribution is 6.18.